The Morgan fingerprint density at radius 3 is 2.72 bits per heavy atom. The molecule has 43 heavy (non-hydrogen) atoms. The third kappa shape index (κ3) is 3.78. The predicted octanol–water partition coefficient (Wildman–Crippen LogP) is 3.82. The number of nitrogens with one attached hydrogen (secondary N) is 1. The maximum Gasteiger partial charge on any atom is 0.264 e. The summed E-state index contributed by atoms with van der Waals surface area (Å²) in [6.45, 7) is 1.91. The number of anilines is 1. The minimum Gasteiger partial charge on any atom is -0.381 e. The fraction of sp³-hybridized carbons (Fsp3) is 0.182. The molecule has 210 valence electrons. The molecule has 0 spiro atoms. The van der Waals surface area contributed by atoms with E-state index < -0.39 is 11.9 Å². The van der Waals surface area contributed by atoms with E-state index in [2.05, 4.69) is 38.4 Å². The van der Waals surface area contributed by atoms with E-state index in [9.17, 15) is 9.59 Å². The molecule has 0 unspecified atom stereocenters. The van der Waals surface area contributed by atoms with Gasteiger partial charge in [0.2, 0.25) is 0 Å². The van der Waals surface area contributed by atoms with Crippen LogP contribution in [0.5, 0.6) is 0 Å². The van der Waals surface area contributed by atoms with Gasteiger partial charge in [0.05, 0.1) is 28.9 Å². The van der Waals surface area contributed by atoms with Gasteiger partial charge < -0.3 is 11.1 Å². The second-order valence-corrected chi connectivity index (χ2v) is 11.2. The monoisotopic (exact) mass is 566 g/mol. The molecule has 1 saturated carbocycles. The van der Waals surface area contributed by atoms with Crippen molar-refractivity contribution in [3.63, 3.8) is 0 Å². The lowest BCUT2D eigenvalue weighted by Crippen LogP contribution is -2.33. The number of nitrogens with zero attached hydrogens (tertiary/aromatic N) is 6. The number of nitrogens with two attached hydrogens (primary N) is 1. The van der Waals surface area contributed by atoms with Gasteiger partial charge in [-0.3, -0.25) is 18.8 Å². The van der Waals surface area contributed by atoms with Crippen molar-refractivity contribution in [2.45, 2.75) is 31.2 Å². The van der Waals surface area contributed by atoms with Crippen LogP contribution in [0.2, 0.25) is 0 Å². The molecule has 4 aromatic heterocycles. The van der Waals surface area contributed by atoms with Crippen LogP contribution in [-0.2, 0) is 7.05 Å². The lowest BCUT2D eigenvalue weighted by Gasteiger charge is -2.24. The van der Waals surface area contributed by atoms with E-state index >= 15 is 0 Å². The molecule has 1 amide bonds. The normalized spacial score (nSPS) is 17.0. The number of benzene rings is 2. The van der Waals surface area contributed by atoms with Gasteiger partial charge in [-0.25, -0.2) is 9.50 Å². The molecule has 10 nitrogen and oxygen atoms in total. The highest BCUT2D eigenvalue weighted by Gasteiger charge is 2.50. The average molecular weight is 567 g/mol. The van der Waals surface area contributed by atoms with Gasteiger partial charge in [0.25, 0.3) is 11.5 Å². The number of carbonyl (C=O) groups is 1. The fourth-order valence-corrected chi connectivity index (χ4v) is 6.59. The van der Waals surface area contributed by atoms with Crippen molar-refractivity contribution in [3.8, 4) is 17.5 Å². The summed E-state index contributed by atoms with van der Waals surface area (Å²) in [5, 5.41) is 13.1. The predicted molar refractivity (Wildman–Crippen MR) is 162 cm³/mol. The summed E-state index contributed by atoms with van der Waals surface area (Å²) in [4.78, 5) is 32.6. The van der Waals surface area contributed by atoms with E-state index in [1.165, 1.54) is 10.1 Å². The largest absolute Gasteiger partial charge is 0.381 e. The highest BCUT2D eigenvalue weighted by atomic mass is 16.2. The lowest BCUT2D eigenvalue weighted by molar-refractivity contribution is 0.0941. The van der Waals surface area contributed by atoms with Gasteiger partial charge in [-0.2, -0.15) is 5.10 Å². The third-order valence-corrected chi connectivity index (χ3v) is 8.47. The highest BCUT2D eigenvalue weighted by molar-refractivity contribution is 6.04. The Bertz CT molecular complexity index is 2250. The van der Waals surface area contributed by atoms with Crippen molar-refractivity contribution in [2.75, 3.05) is 5.73 Å². The van der Waals surface area contributed by atoms with Crippen molar-refractivity contribution < 1.29 is 4.79 Å². The standard InChI is InChI=1S/C33H26N8O2/c1-18(37-32(42)28-30(34)38-40-14-6-13-35-31(28)40)29-27-24-15-23(24)22-12-11-20(10-9-19-16-36-39(2)17-19)25(26(22)27)33(43)41(29)21-7-4-3-5-8-21/h3-8,11-14,16-18,23-24H,15H2,1-2H3,(H2,34,38)(H,37,42)/t18-,23+,24+/m1/s1. The topological polar surface area (TPSA) is 125 Å². The second kappa shape index (κ2) is 9.16. The average Bonchev–Trinajstić information content (AvgIpc) is 3.39. The van der Waals surface area contributed by atoms with Crippen LogP contribution in [0, 0.1) is 11.8 Å². The zero-order chi connectivity index (χ0) is 29.4. The first-order valence-corrected chi connectivity index (χ1v) is 14.1. The molecule has 6 aromatic rings. The number of fused-ring (bicyclic) bond motifs is 4. The number of carbonyl (C=O) groups excluding carboxylic acids is 1. The summed E-state index contributed by atoms with van der Waals surface area (Å²) in [6, 6.07) is 14.8. The molecular formula is C33H26N8O2. The van der Waals surface area contributed by atoms with Crippen LogP contribution in [0.25, 0.3) is 22.1 Å². The zero-order valence-electron chi connectivity index (χ0n) is 23.4. The van der Waals surface area contributed by atoms with Crippen LogP contribution in [0.3, 0.4) is 0 Å². The quantitative estimate of drug-likeness (QED) is 0.313. The molecule has 2 aliphatic carbocycles. The van der Waals surface area contributed by atoms with Crippen molar-refractivity contribution in [1.82, 2.24) is 34.3 Å². The summed E-state index contributed by atoms with van der Waals surface area (Å²) in [5.41, 5.74) is 11.8. The van der Waals surface area contributed by atoms with Crippen LogP contribution in [0.15, 0.2) is 78.1 Å². The van der Waals surface area contributed by atoms with Crippen molar-refractivity contribution >= 4 is 28.1 Å². The van der Waals surface area contributed by atoms with E-state index in [1.807, 2.05) is 56.6 Å². The number of para-hydroxylation sites is 1. The van der Waals surface area contributed by atoms with E-state index in [1.54, 1.807) is 33.9 Å². The minimum absolute atomic E-state index is 0.0910. The second-order valence-electron chi connectivity index (χ2n) is 11.2. The van der Waals surface area contributed by atoms with Crippen molar-refractivity contribution in [1.29, 1.82) is 0 Å². The number of aromatic nitrogens is 6. The molecule has 1 fully saturated rings. The molecule has 0 radical (unpaired) electrons. The van der Waals surface area contributed by atoms with Gasteiger partial charge in [-0.1, -0.05) is 36.1 Å². The number of aryl methyl sites for hydroxylation is 1. The van der Waals surface area contributed by atoms with E-state index in [-0.39, 0.29) is 22.9 Å². The summed E-state index contributed by atoms with van der Waals surface area (Å²) >= 11 is 0. The Morgan fingerprint density at radius 1 is 1.09 bits per heavy atom. The summed E-state index contributed by atoms with van der Waals surface area (Å²) < 4.78 is 4.94. The fourth-order valence-electron chi connectivity index (χ4n) is 6.59. The SMILES string of the molecule is C[C@@H](NC(=O)c1c(N)nn2cccnc12)c1c2c3c(ccc(C#Cc4cnn(C)c4)c3c(=O)n1-c1ccccc1)[C@@H]1C[C@H]21. The number of amides is 1. The van der Waals surface area contributed by atoms with E-state index in [4.69, 9.17) is 5.73 Å². The summed E-state index contributed by atoms with van der Waals surface area (Å²) in [6.07, 6.45) is 7.85. The number of hydrogen-bond donors (Lipinski definition) is 2. The molecule has 3 atom stereocenters. The molecule has 2 aliphatic rings. The number of nitrogen functional groups attached to an aromatic ring is 1. The maximum atomic E-state index is 14.6. The molecular weight excluding hydrogens is 540 g/mol. The van der Waals surface area contributed by atoms with Gasteiger partial charge in [0.1, 0.15) is 5.56 Å². The molecule has 8 rings (SSSR count). The zero-order valence-corrected chi connectivity index (χ0v) is 23.4. The van der Waals surface area contributed by atoms with Gasteiger partial charge >= 0.3 is 0 Å². The molecule has 0 saturated heterocycles. The number of hydrogen-bond acceptors (Lipinski definition) is 6. The van der Waals surface area contributed by atoms with Crippen LogP contribution in [-0.4, -0.2) is 34.9 Å². The van der Waals surface area contributed by atoms with E-state index in [0.717, 1.165) is 34.3 Å². The first-order chi connectivity index (χ1) is 20.9. The third-order valence-electron chi connectivity index (χ3n) is 8.47. The Kier molecular flexibility index (Phi) is 5.34. The molecule has 2 aromatic carbocycles. The van der Waals surface area contributed by atoms with Crippen LogP contribution >= 0.6 is 0 Å². The molecule has 10 heteroatoms. The van der Waals surface area contributed by atoms with Gasteiger partial charge in [0, 0.05) is 36.9 Å². The molecule has 3 N–H and O–H groups in total. The smallest absolute Gasteiger partial charge is 0.264 e. The maximum absolute atomic E-state index is 14.6. The van der Waals surface area contributed by atoms with Gasteiger partial charge in [-0.15, -0.1) is 5.10 Å². The van der Waals surface area contributed by atoms with Crippen LogP contribution in [0.1, 0.15) is 69.5 Å². The first-order valence-electron chi connectivity index (χ1n) is 14.1. The Morgan fingerprint density at radius 2 is 1.93 bits per heavy atom. The first kappa shape index (κ1) is 25.1. The summed E-state index contributed by atoms with van der Waals surface area (Å²) in [5.74, 6) is 6.74. The van der Waals surface area contributed by atoms with Crippen molar-refractivity contribution in [2.24, 2.45) is 7.05 Å². The van der Waals surface area contributed by atoms with Gasteiger partial charge in [-0.05, 0) is 66.0 Å². The molecule has 0 bridgehead atoms. The van der Waals surface area contributed by atoms with Gasteiger partial charge in [0.15, 0.2) is 11.5 Å². The Balaban J connectivity index is 1.33. The van der Waals surface area contributed by atoms with Crippen LogP contribution < -0.4 is 16.6 Å². The molecule has 4 heterocycles. The van der Waals surface area contributed by atoms with E-state index in [0.29, 0.717) is 22.5 Å². The van der Waals surface area contributed by atoms with Crippen LogP contribution in [0.4, 0.5) is 5.82 Å². The lowest BCUT2D eigenvalue weighted by atomic mass is 9.94. The molecule has 0 aliphatic heterocycles. The minimum atomic E-state index is -0.532. The Labute approximate surface area is 245 Å². The number of pyridine rings is 1. The number of rotatable bonds is 4. The summed E-state index contributed by atoms with van der Waals surface area (Å²) in [7, 11) is 1.84. The Hall–Kier alpha value is -5.69. The highest BCUT2D eigenvalue weighted by Crippen LogP contribution is 2.64. The van der Waals surface area contributed by atoms with Crippen molar-refractivity contribution in [3.05, 3.63) is 117 Å².